The quantitative estimate of drug-likeness (QED) is 0.486. The van der Waals surface area contributed by atoms with Crippen LogP contribution in [0.3, 0.4) is 0 Å². The van der Waals surface area contributed by atoms with Gasteiger partial charge in [-0.15, -0.1) is 0 Å². The first-order valence-corrected chi connectivity index (χ1v) is 8.50. The molecule has 1 N–H and O–H groups in total. The molecule has 0 fully saturated rings. The zero-order valence-electron chi connectivity index (χ0n) is 14.8. The number of halogens is 8. The number of carbonyl (C=O) groups is 1. The van der Waals surface area contributed by atoms with E-state index < -0.39 is 53.6 Å². The molecule has 0 aliphatic carbocycles. The van der Waals surface area contributed by atoms with Crippen LogP contribution in [-0.2, 0) is 24.1 Å². The first kappa shape index (κ1) is 23.0. The van der Waals surface area contributed by atoms with Gasteiger partial charge in [0.15, 0.2) is 5.69 Å². The number of alkyl halides is 7. The van der Waals surface area contributed by atoms with E-state index in [1.807, 2.05) is 0 Å². The van der Waals surface area contributed by atoms with Crippen molar-refractivity contribution in [2.24, 2.45) is 0 Å². The van der Waals surface area contributed by atoms with E-state index in [2.05, 4.69) is 15.5 Å². The molecule has 2 aromatic rings. The minimum absolute atomic E-state index is 0.0137. The molecule has 0 saturated carbocycles. The zero-order chi connectivity index (χ0) is 21.9. The number of carbonyl (C=O) groups excluding carboxylic acids is 1. The Balaban J connectivity index is 1.91. The molecular weight excluding hydrogens is 435 g/mol. The number of amides is 1. The average Bonchev–Trinajstić information content (AvgIpc) is 3.11. The van der Waals surface area contributed by atoms with Crippen LogP contribution in [0.5, 0.6) is 0 Å². The molecule has 0 aliphatic rings. The molecule has 0 radical (unpaired) electrons. The number of nitrogens with zero attached hydrogens (tertiary/aromatic N) is 4. The second kappa shape index (κ2) is 9.01. The van der Waals surface area contributed by atoms with Crippen molar-refractivity contribution < 1.29 is 35.5 Å². The van der Waals surface area contributed by atoms with Gasteiger partial charge < -0.3 is 5.32 Å². The van der Waals surface area contributed by atoms with Gasteiger partial charge in [-0.1, -0.05) is 11.6 Å². The summed E-state index contributed by atoms with van der Waals surface area (Å²) in [4.78, 5) is 11.9. The summed E-state index contributed by atoms with van der Waals surface area (Å²) in [6, 6.07) is 0.881. The minimum atomic E-state index is -4.57. The maximum absolute atomic E-state index is 13.0. The summed E-state index contributed by atoms with van der Waals surface area (Å²) in [6.45, 7) is 0.716. The lowest BCUT2D eigenvalue weighted by molar-refractivity contribution is -0.141. The fraction of sp³-hybridized carbons (Fsp3) is 0.533. The third-order valence-corrected chi connectivity index (χ3v) is 4.19. The molecule has 0 bridgehead atoms. The number of aryl methyl sites for hydroxylation is 2. The van der Waals surface area contributed by atoms with Gasteiger partial charge in [0.2, 0.25) is 5.91 Å². The van der Waals surface area contributed by atoms with E-state index >= 15 is 0 Å². The highest BCUT2D eigenvalue weighted by molar-refractivity contribution is 6.32. The lowest BCUT2D eigenvalue weighted by Gasteiger charge is -2.09. The Morgan fingerprint density at radius 1 is 1.17 bits per heavy atom. The molecular formula is C15H15ClF7N5O. The molecule has 0 spiro atoms. The summed E-state index contributed by atoms with van der Waals surface area (Å²) in [6.07, 6.45) is -10.8. The number of aromatic nitrogens is 4. The van der Waals surface area contributed by atoms with Gasteiger partial charge in [-0.05, 0) is 19.4 Å². The summed E-state index contributed by atoms with van der Waals surface area (Å²) < 4.78 is 90.9. The average molecular weight is 450 g/mol. The van der Waals surface area contributed by atoms with Crippen molar-refractivity contribution in [2.75, 3.05) is 6.54 Å². The monoisotopic (exact) mass is 449 g/mol. The summed E-state index contributed by atoms with van der Waals surface area (Å²) in [7, 11) is 0. The van der Waals surface area contributed by atoms with Crippen LogP contribution in [-0.4, -0.2) is 32.0 Å². The Hall–Kier alpha value is -2.31. The lowest BCUT2D eigenvalue weighted by Crippen LogP contribution is -2.30. The third-order valence-electron chi connectivity index (χ3n) is 3.80. The van der Waals surface area contributed by atoms with E-state index in [4.69, 9.17) is 11.6 Å². The summed E-state index contributed by atoms with van der Waals surface area (Å²) in [5.41, 5.74) is -2.81. The number of rotatable bonds is 8. The number of hydrogen-bond acceptors (Lipinski definition) is 3. The van der Waals surface area contributed by atoms with Gasteiger partial charge in [0, 0.05) is 18.8 Å². The standard InChI is InChI=1S/C15H15ClF7N5O/c1-7-5-8(15(21,22)23)25-27(7)4-2-3-24-9(29)6-28-12(14(19)20)10(16)11(26-28)13(17)18/h5,13-14H,2-4,6H2,1H3,(H,24,29). The van der Waals surface area contributed by atoms with Gasteiger partial charge in [0.25, 0.3) is 12.9 Å². The maximum atomic E-state index is 13.0. The van der Waals surface area contributed by atoms with Gasteiger partial charge in [-0.3, -0.25) is 14.2 Å². The van der Waals surface area contributed by atoms with Gasteiger partial charge in [-0.2, -0.15) is 23.4 Å². The molecule has 162 valence electrons. The first-order chi connectivity index (χ1) is 13.4. The molecule has 6 nitrogen and oxygen atoms in total. The van der Waals surface area contributed by atoms with Crippen LogP contribution in [0.4, 0.5) is 30.7 Å². The van der Waals surface area contributed by atoms with E-state index in [1.165, 1.54) is 6.92 Å². The summed E-state index contributed by atoms with van der Waals surface area (Å²) in [5.74, 6) is -0.806. The van der Waals surface area contributed by atoms with Crippen molar-refractivity contribution in [1.29, 1.82) is 0 Å². The fourth-order valence-corrected chi connectivity index (χ4v) is 2.76. The van der Waals surface area contributed by atoms with Crippen LogP contribution in [0.2, 0.25) is 5.02 Å². The van der Waals surface area contributed by atoms with E-state index in [0.29, 0.717) is 4.68 Å². The van der Waals surface area contributed by atoms with Crippen molar-refractivity contribution in [1.82, 2.24) is 24.9 Å². The molecule has 2 aromatic heterocycles. The second-order valence-corrected chi connectivity index (χ2v) is 6.32. The first-order valence-electron chi connectivity index (χ1n) is 8.12. The van der Waals surface area contributed by atoms with Crippen LogP contribution in [0, 0.1) is 6.92 Å². The molecule has 0 aliphatic heterocycles. The second-order valence-electron chi connectivity index (χ2n) is 5.94. The Morgan fingerprint density at radius 3 is 2.34 bits per heavy atom. The van der Waals surface area contributed by atoms with Crippen molar-refractivity contribution in [3.05, 3.63) is 33.9 Å². The topological polar surface area (TPSA) is 64.7 Å². The lowest BCUT2D eigenvalue weighted by atomic mass is 10.3. The van der Waals surface area contributed by atoms with Crippen LogP contribution in [0.1, 0.15) is 42.0 Å². The van der Waals surface area contributed by atoms with Gasteiger partial charge in [-0.25, -0.2) is 17.6 Å². The van der Waals surface area contributed by atoms with Gasteiger partial charge in [0.1, 0.15) is 17.9 Å². The SMILES string of the molecule is Cc1cc(C(F)(F)F)nn1CCCNC(=O)Cn1nc(C(F)F)c(Cl)c1C(F)F. The van der Waals surface area contributed by atoms with E-state index in [0.717, 1.165) is 10.7 Å². The van der Waals surface area contributed by atoms with E-state index in [-0.39, 0.29) is 25.2 Å². The highest BCUT2D eigenvalue weighted by atomic mass is 35.5. The molecule has 0 saturated heterocycles. The molecule has 0 atom stereocenters. The van der Waals surface area contributed by atoms with Crippen molar-refractivity contribution in [3.63, 3.8) is 0 Å². The van der Waals surface area contributed by atoms with Crippen molar-refractivity contribution in [3.8, 4) is 0 Å². The smallest absolute Gasteiger partial charge is 0.354 e. The van der Waals surface area contributed by atoms with Crippen LogP contribution in [0.15, 0.2) is 6.07 Å². The zero-order valence-corrected chi connectivity index (χ0v) is 15.5. The predicted octanol–water partition coefficient (Wildman–Crippen LogP) is 4.14. The largest absolute Gasteiger partial charge is 0.435 e. The molecule has 0 aromatic carbocycles. The summed E-state index contributed by atoms with van der Waals surface area (Å²) >= 11 is 5.48. The Labute approximate surface area is 164 Å². The molecule has 2 heterocycles. The highest BCUT2D eigenvalue weighted by Crippen LogP contribution is 2.34. The Bertz CT molecular complexity index is 862. The van der Waals surface area contributed by atoms with Crippen LogP contribution >= 0.6 is 11.6 Å². The number of nitrogens with one attached hydrogen (secondary N) is 1. The summed E-state index contributed by atoms with van der Waals surface area (Å²) in [5, 5.41) is 8.12. The van der Waals surface area contributed by atoms with Gasteiger partial charge in [0.05, 0.1) is 5.02 Å². The number of hydrogen-bond donors (Lipinski definition) is 1. The van der Waals surface area contributed by atoms with Crippen LogP contribution in [0.25, 0.3) is 0 Å². The third kappa shape index (κ3) is 5.61. The van der Waals surface area contributed by atoms with Crippen molar-refractivity contribution >= 4 is 17.5 Å². The maximum Gasteiger partial charge on any atom is 0.435 e. The van der Waals surface area contributed by atoms with E-state index in [1.54, 1.807) is 0 Å². The fourth-order valence-electron chi connectivity index (χ4n) is 2.46. The Kier molecular flexibility index (Phi) is 7.14. The van der Waals surface area contributed by atoms with Crippen molar-refractivity contribution in [2.45, 2.75) is 45.5 Å². The predicted molar refractivity (Wildman–Crippen MR) is 86.7 cm³/mol. The molecule has 2 rings (SSSR count). The van der Waals surface area contributed by atoms with E-state index in [9.17, 15) is 35.5 Å². The minimum Gasteiger partial charge on any atom is -0.354 e. The normalized spacial score (nSPS) is 12.2. The molecule has 0 unspecified atom stereocenters. The van der Waals surface area contributed by atoms with Crippen LogP contribution < -0.4 is 5.32 Å². The molecule has 29 heavy (non-hydrogen) atoms. The molecule has 14 heteroatoms. The molecule has 1 amide bonds. The highest BCUT2D eigenvalue weighted by Gasteiger charge is 2.34. The van der Waals surface area contributed by atoms with Gasteiger partial charge >= 0.3 is 6.18 Å². The Morgan fingerprint density at radius 2 is 1.83 bits per heavy atom.